The molecule has 0 N–H and O–H groups in total. The van der Waals surface area contributed by atoms with E-state index in [4.69, 9.17) is 0 Å². The summed E-state index contributed by atoms with van der Waals surface area (Å²) in [5.74, 6) is -0.813. The molecule has 14 heavy (non-hydrogen) atoms. The molecule has 0 heterocycles. The second-order valence-corrected chi connectivity index (χ2v) is 3.77. The Morgan fingerprint density at radius 3 is 2.36 bits per heavy atom. The van der Waals surface area contributed by atoms with Crippen molar-refractivity contribution in [2.75, 3.05) is 0 Å². The normalized spacial score (nSPS) is 11.8. The smallest absolute Gasteiger partial charge is 0.206 e. The first-order chi connectivity index (χ1) is 6.42. The van der Waals surface area contributed by atoms with Crippen LogP contribution in [0.1, 0.15) is 12.5 Å². The highest BCUT2D eigenvalue weighted by molar-refractivity contribution is 8.00. The van der Waals surface area contributed by atoms with E-state index >= 15 is 0 Å². The lowest BCUT2D eigenvalue weighted by Crippen LogP contribution is -2.00. The Labute approximate surface area is 83.3 Å². The third kappa shape index (κ3) is 3.21. The van der Waals surface area contributed by atoms with Crippen molar-refractivity contribution in [3.63, 3.8) is 0 Å². The zero-order valence-electron chi connectivity index (χ0n) is 7.36. The number of thioether (sulfide) groups is 1. The topological polar surface area (TPSA) is 0 Å². The molecular weight excluding hydrogens is 216 g/mol. The van der Waals surface area contributed by atoms with Gasteiger partial charge in [0.2, 0.25) is 0 Å². The minimum Gasteiger partial charge on any atom is -0.206 e. The zero-order valence-corrected chi connectivity index (χ0v) is 8.18. The number of rotatable bonds is 2. The van der Waals surface area contributed by atoms with Gasteiger partial charge in [0.15, 0.2) is 0 Å². The van der Waals surface area contributed by atoms with Crippen LogP contribution in [0, 0.1) is 5.82 Å². The van der Waals surface area contributed by atoms with E-state index in [1.54, 1.807) is 0 Å². The monoisotopic (exact) mass is 224 g/mol. The van der Waals surface area contributed by atoms with Crippen molar-refractivity contribution < 1.29 is 17.6 Å². The largest absolute Gasteiger partial charge is 0.446 e. The van der Waals surface area contributed by atoms with E-state index in [2.05, 4.69) is 0 Å². The van der Waals surface area contributed by atoms with Crippen LogP contribution in [0.3, 0.4) is 0 Å². The van der Waals surface area contributed by atoms with E-state index in [0.29, 0.717) is 12.0 Å². The van der Waals surface area contributed by atoms with Gasteiger partial charge in [-0.3, -0.25) is 0 Å². The van der Waals surface area contributed by atoms with Crippen molar-refractivity contribution in [3.05, 3.63) is 29.6 Å². The van der Waals surface area contributed by atoms with Crippen LogP contribution in [0.25, 0.3) is 0 Å². The third-order valence-corrected chi connectivity index (χ3v) is 2.41. The van der Waals surface area contributed by atoms with Crippen molar-refractivity contribution in [1.29, 1.82) is 0 Å². The Morgan fingerprint density at radius 2 is 1.93 bits per heavy atom. The molecule has 0 unspecified atom stereocenters. The number of halogens is 4. The molecule has 0 aromatic heterocycles. The molecule has 0 radical (unpaired) electrons. The molecule has 0 nitrogen and oxygen atoms in total. The van der Waals surface area contributed by atoms with Gasteiger partial charge in [0, 0.05) is 0 Å². The summed E-state index contributed by atoms with van der Waals surface area (Å²) in [7, 11) is 0. The van der Waals surface area contributed by atoms with Crippen molar-refractivity contribution in [2.24, 2.45) is 0 Å². The number of hydrogen-bond acceptors (Lipinski definition) is 1. The highest BCUT2D eigenvalue weighted by Gasteiger charge is 2.30. The molecular formula is C9H8F4S. The quantitative estimate of drug-likeness (QED) is 0.540. The maximum absolute atomic E-state index is 13.0. The molecule has 0 saturated carbocycles. The maximum Gasteiger partial charge on any atom is 0.446 e. The molecule has 0 atom stereocenters. The average molecular weight is 224 g/mol. The molecule has 0 fully saturated rings. The Morgan fingerprint density at radius 1 is 1.29 bits per heavy atom. The van der Waals surface area contributed by atoms with Crippen LogP contribution in [0.2, 0.25) is 0 Å². The van der Waals surface area contributed by atoms with Crippen molar-refractivity contribution in [2.45, 2.75) is 23.7 Å². The van der Waals surface area contributed by atoms with Gasteiger partial charge in [-0.05, 0) is 35.9 Å². The van der Waals surface area contributed by atoms with Gasteiger partial charge in [-0.1, -0.05) is 13.0 Å². The Kier molecular flexibility index (Phi) is 3.42. The summed E-state index contributed by atoms with van der Waals surface area (Å²) >= 11 is -0.428. The van der Waals surface area contributed by atoms with Crippen LogP contribution in [0.15, 0.2) is 23.1 Å². The summed E-state index contributed by atoms with van der Waals surface area (Å²) in [4.78, 5) is -0.380. The standard InChI is InChI=1S/C9H8F4S/c1-2-6-3-4-8(7(10)5-6)14-9(11,12)13/h3-5H,2H2,1H3. The average Bonchev–Trinajstić information content (AvgIpc) is 2.06. The predicted octanol–water partition coefficient (Wildman–Crippen LogP) is 4.00. The van der Waals surface area contributed by atoms with Crippen LogP contribution < -0.4 is 0 Å². The first-order valence-electron chi connectivity index (χ1n) is 3.96. The second kappa shape index (κ2) is 4.21. The Hall–Kier alpha value is -0.710. The number of aryl methyl sites for hydroxylation is 1. The molecule has 0 aliphatic heterocycles. The van der Waals surface area contributed by atoms with E-state index in [1.165, 1.54) is 6.07 Å². The minimum absolute atomic E-state index is 0.380. The predicted molar refractivity (Wildman–Crippen MR) is 47.7 cm³/mol. The van der Waals surface area contributed by atoms with E-state index in [0.717, 1.165) is 12.1 Å². The van der Waals surface area contributed by atoms with Crippen LogP contribution >= 0.6 is 11.8 Å². The van der Waals surface area contributed by atoms with E-state index in [-0.39, 0.29) is 4.90 Å². The molecule has 78 valence electrons. The van der Waals surface area contributed by atoms with Crippen molar-refractivity contribution in [1.82, 2.24) is 0 Å². The van der Waals surface area contributed by atoms with E-state index in [9.17, 15) is 17.6 Å². The van der Waals surface area contributed by atoms with Gasteiger partial charge >= 0.3 is 5.51 Å². The number of benzene rings is 1. The summed E-state index contributed by atoms with van der Waals surface area (Å²) in [5.41, 5.74) is -3.75. The maximum atomic E-state index is 13.0. The lowest BCUT2D eigenvalue weighted by molar-refractivity contribution is -0.0329. The van der Waals surface area contributed by atoms with Crippen LogP contribution in [-0.2, 0) is 6.42 Å². The van der Waals surface area contributed by atoms with Crippen molar-refractivity contribution >= 4 is 11.8 Å². The van der Waals surface area contributed by atoms with Gasteiger partial charge in [-0.25, -0.2) is 4.39 Å². The number of hydrogen-bond donors (Lipinski definition) is 0. The lowest BCUT2D eigenvalue weighted by atomic mass is 10.2. The summed E-state index contributed by atoms with van der Waals surface area (Å²) < 4.78 is 48.7. The van der Waals surface area contributed by atoms with Crippen LogP contribution in [0.4, 0.5) is 17.6 Å². The summed E-state index contributed by atoms with van der Waals surface area (Å²) in [6, 6.07) is 3.79. The van der Waals surface area contributed by atoms with Gasteiger partial charge in [0.25, 0.3) is 0 Å². The molecule has 0 spiro atoms. The molecule has 5 heteroatoms. The molecule has 0 amide bonds. The van der Waals surface area contributed by atoms with Gasteiger partial charge in [0.05, 0.1) is 4.90 Å². The summed E-state index contributed by atoms with van der Waals surface area (Å²) in [6.07, 6.45) is 0.605. The first-order valence-corrected chi connectivity index (χ1v) is 4.78. The minimum atomic E-state index is -4.44. The molecule has 1 aromatic rings. The fourth-order valence-electron chi connectivity index (χ4n) is 0.972. The van der Waals surface area contributed by atoms with Gasteiger partial charge in [-0.15, -0.1) is 0 Å². The zero-order chi connectivity index (χ0) is 10.8. The Balaban J connectivity index is 2.89. The Bertz CT molecular complexity index is 319. The van der Waals surface area contributed by atoms with Crippen LogP contribution in [0.5, 0.6) is 0 Å². The molecule has 0 aliphatic carbocycles. The van der Waals surface area contributed by atoms with Crippen molar-refractivity contribution in [3.8, 4) is 0 Å². The molecule has 1 rings (SSSR count). The van der Waals surface area contributed by atoms with E-state index in [1.807, 2.05) is 6.92 Å². The van der Waals surface area contributed by atoms with Crippen LogP contribution in [-0.4, -0.2) is 5.51 Å². The molecule has 0 bridgehead atoms. The lowest BCUT2D eigenvalue weighted by Gasteiger charge is -2.07. The van der Waals surface area contributed by atoms with E-state index < -0.39 is 23.1 Å². The third-order valence-electron chi connectivity index (χ3n) is 1.63. The van der Waals surface area contributed by atoms with Gasteiger partial charge < -0.3 is 0 Å². The fourth-order valence-corrected chi connectivity index (χ4v) is 1.51. The second-order valence-electron chi connectivity index (χ2n) is 2.67. The number of alkyl halides is 3. The molecule has 0 aliphatic rings. The summed E-state index contributed by atoms with van der Waals surface area (Å²) in [6.45, 7) is 1.81. The van der Waals surface area contributed by atoms with Gasteiger partial charge in [0.1, 0.15) is 5.82 Å². The molecule has 0 saturated heterocycles. The molecule has 1 aromatic carbocycles. The first kappa shape index (κ1) is 11.4. The van der Waals surface area contributed by atoms with Gasteiger partial charge in [-0.2, -0.15) is 13.2 Å². The SMILES string of the molecule is CCc1ccc(SC(F)(F)F)c(F)c1. The fraction of sp³-hybridized carbons (Fsp3) is 0.333. The summed E-state index contributed by atoms with van der Waals surface area (Å²) in [5, 5.41) is 0. The highest BCUT2D eigenvalue weighted by atomic mass is 32.2. The highest BCUT2D eigenvalue weighted by Crippen LogP contribution is 2.38.